The molecule has 1 aromatic heterocycles. The minimum Gasteiger partial charge on any atom is -0.497 e. The monoisotopic (exact) mass is 220 g/mol. The molecule has 0 aliphatic carbocycles. The van der Waals surface area contributed by atoms with Crippen molar-refractivity contribution in [3.8, 4) is 22.6 Å². The second-order valence-corrected chi connectivity index (χ2v) is 3.86. The summed E-state index contributed by atoms with van der Waals surface area (Å²) in [6, 6.07) is 7.88. The van der Waals surface area contributed by atoms with Gasteiger partial charge < -0.3 is 9.47 Å². The second kappa shape index (κ2) is 4.36. The van der Waals surface area contributed by atoms with Crippen LogP contribution in [0.25, 0.3) is 11.1 Å². The third-order valence-corrected chi connectivity index (χ3v) is 2.92. The van der Waals surface area contributed by atoms with E-state index in [1.165, 1.54) is 0 Å². The molecule has 15 heavy (non-hydrogen) atoms. The van der Waals surface area contributed by atoms with E-state index in [1.807, 2.05) is 23.6 Å². The predicted octanol–water partition coefficient (Wildman–Crippen LogP) is 3.43. The minimum absolute atomic E-state index is 0.844. The summed E-state index contributed by atoms with van der Waals surface area (Å²) in [5.41, 5.74) is 2.23. The van der Waals surface area contributed by atoms with E-state index < -0.39 is 0 Å². The van der Waals surface area contributed by atoms with Crippen molar-refractivity contribution in [3.63, 3.8) is 0 Å². The van der Waals surface area contributed by atoms with Crippen molar-refractivity contribution in [2.45, 2.75) is 0 Å². The SMILES string of the molecule is COc1ccc(OC)c(-c2ccsc2)c1. The van der Waals surface area contributed by atoms with Crippen molar-refractivity contribution in [3.05, 3.63) is 35.0 Å². The Balaban J connectivity index is 2.52. The first-order valence-electron chi connectivity index (χ1n) is 4.59. The zero-order valence-corrected chi connectivity index (χ0v) is 9.51. The van der Waals surface area contributed by atoms with Gasteiger partial charge in [0.2, 0.25) is 0 Å². The van der Waals surface area contributed by atoms with E-state index in [2.05, 4.69) is 11.4 Å². The lowest BCUT2D eigenvalue weighted by molar-refractivity contribution is 0.404. The van der Waals surface area contributed by atoms with Crippen LogP contribution in [0, 0.1) is 0 Å². The van der Waals surface area contributed by atoms with Crippen LogP contribution in [0.5, 0.6) is 11.5 Å². The number of benzene rings is 1. The zero-order valence-electron chi connectivity index (χ0n) is 8.69. The Labute approximate surface area is 93.1 Å². The van der Waals surface area contributed by atoms with Crippen LogP contribution >= 0.6 is 11.3 Å². The molecular weight excluding hydrogens is 208 g/mol. The fraction of sp³-hybridized carbons (Fsp3) is 0.167. The van der Waals surface area contributed by atoms with Gasteiger partial charge in [-0.1, -0.05) is 0 Å². The molecular formula is C12H12O2S. The van der Waals surface area contributed by atoms with Crippen molar-refractivity contribution in [2.75, 3.05) is 14.2 Å². The first-order valence-corrected chi connectivity index (χ1v) is 5.54. The smallest absolute Gasteiger partial charge is 0.126 e. The average molecular weight is 220 g/mol. The molecule has 0 unspecified atom stereocenters. The van der Waals surface area contributed by atoms with Crippen LogP contribution in [0.15, 0.2) is 35.0 Å². The second-order valence-electron chi connectivity index (χ2n) is 3.08. The van der Waals surface area contributed by atoms with Crippen molar-refractivity contribution in [1.29, 1.82) is 0 Å². The summed E-state index contributed by atoms with van der Waals surface area (Å²) in [5.74, 6) is 1.71. The molecule has 0 fully saturated rings. The summed E-state index contributed by atoms with van der Waals surface area (Å²) < 4.78 is 10.5. The van der Waals surface area contributed by atoms with E-state index in [1.54, 1.807) is 25.6 Å². The molecule has 0 saturated heterocycles. The maximum atomic E-state index is 5.32. The van der Waals surface area contributed by atoms with Gasteiger partial charge in [0.25, 0.3) is 0 Å². The van der Waals surface area contributed by atoms with Crippen LogP contribution < -0.4 is 9.47 Å². The zero-order chi connectivity index (χ0) is 10.7. The Hall–Kier alpha value is -1.48. The van der Waals surface area contributed by atoms with E-state index in [0.29, 0.717) is 0 Å². The molecule has 0 radical (unpaired) electrons. The van der Waals surface area contributed by atoms with Crippen LogP contribution in [0.3, 0.4) is 0 Å². The van der Waals surface area contributed by atoms with Crippen LogP contribution in [0.2, 0.25) is 0 Å². The van der Waals surface area contributed by atoms with Crippen LogP contribution in [0.4, 0.5) is 0 Å². The molecule has 0 aliphatic heterocycles. The van der Waals surface area contributed by atoms with E-state index in [4.69, 9.17) is 9.47 Å². The van der Waals surface area contributed by atoms with E-state index in [9.17, 15) is 0 Å². The molecule has 0 amide bonds. The summed E-state index contributed by atoms with van der Waals surface area (Å²) in [4.78, 5) is 0. The highest BCUT2D eigenvalue weighted by molar-refractivity contribution is 7.08. The van der Waals surface area contributed by atoms with Gasteiger partial charge in [-0.2, -0.15) is 11.3 Å². The summed E-state index contributed by atoms with van der Waals surface area (Å²) in [6.07, 6.45) is 0. The first-order chi connectivity index (χ1) is 7.35. The topological polar surface area (TPSA) is 18.5 Å². The summed E-state index contributed by atoms with van der Waals surface area (Å²) in [7, 11) is 3.34. The Morgan fingerprint density at radius 1 is 1.07 bits per heavy atom. The van der Waals surface area contributed by atoms with Crippen molar-refractivity contribution >= 4 is 11.3 Å². The number of thiophene rings is 1. The standard InChI is InChI=1S/C12H12O2S/c1-13-10-3-4-12(14-2)11(7-10)9-5-6-15-8-9/h3-8H,1-2H3. The number of hydrogen-bond donors (Lipinski definition) is 0. The first kappa shape index (κ1) is 10.1. The summed E-state index contributed by atoms with van der Waals surface area (Å²) in [5, 5.41) is 4.14. The molecule has 0 aliphatic rings. The molecule has 0 atom stereocenters. The van der Waals surface area contributed by atoms with Gasteiger partial charge in [-0.15, -0.1) is 0 Å². The lowest BCUT2D eigenvalue weighted by atomic mass is 10.1. The lowest BCUT2D eigenvalue weighted by Crippen LogP contribution is -1.89. The van der Waals surface area contributed by atoms with Gasteiger partial charge in [0.05, 0.1) is 14.2 Å². The molecule has 0 N–H and O–H groups in total. The molecule has 0 saturated carbocycles. The van der Waals surface area contributed by atoms with Gasteiger partial charge in [-0.05, 0) is 40.6 Å². The van der Waals surface area contributed by atoms with Gasteiger partial charge in [-0.3, -0.25) is 0 Å². The average Bonchev–Trinajstić information content (AvgIpc) is 2.81. The Morgan fingerprint density at radius 3 is 2.53 bits per heavy atom. The molecule has 1 aromatic carbocycles. The quantitative estimate of drug-likeness (QED) is 0.789. The Morgan fingerprint density at radius 2 is 1.93 bits per heavy atom. The molecule has 0 bridgehead atoms. The largest absolute Gasteiger partial charge is 0.497 e. The molecule has 0 spiro atoms. The van der Waals surface area contributed by atoms with Gasteiger partial charge >= 0.3 is 0 Å². The van der Waals surface area contributed by atoms with Crippen LogP contribution in [-0.2, 0) is 0 Å². The predicted molar refractivity (Wildman–Crippen MR) is 62.9 cm³/mol. The van der Waals surface area contributed by atoms with Gasteiger partial charge in [-0.25, -0.2) is 0 Å². The summed E-state index contributed by atoms with van der Waals surface area (Å²) in [6.45, 7) is 0. The molecule has 1 heterocycles. The molecule has 3 heteroatoms. The normalized spacial score (nSPS) is 10.0. The number of hydrogen-bond acceptors (Lipinski definition) is 3. The number of ether oxygens (including phenoxy) is 2. The number of rotatable bonds is 3. The fourth-order valence-corrected chi connectivity index (χ4v) is 2.11. The third kappa shape index (κ3) is 1.97. The highest BCUT2D eigenvalue weighted by Crippen LogP contribution is 2.34. The molecule has 2 rings (SSSR count). The van der Waals surface area contributed by atoms with Gasteiger partial charge in [0, 0.05) is 5.56 Å². The third-order valence-electron chi connectivity index (χ3n) is 2.24. The number of methoxy groups -OCH3 is 2. The highest BCUT2D eigenvalue weighted by atomic mass is 32.1. The van der Waals surface area contributed by atoms with Gasteiger partial charge in [0.15, 0.2) is 0 Å². The van der Waals surface area contributed by atoms with Crippen molar-refractivity contribution in [2.24, 2.45) is 0 Å². The van der Waals surface area contributed by atoms with E-state index in [-0.39, 0.29) is 0 Å². The fourth-order valence-electron chi connectivity index (χ4n) is 1.46. The maximum Gasteiger partial charge on any atom is 0.126 e. The lowest BCUT2D eigenvalue weighted by Gasteiger charge is -2.08. The van der Waals surface area contributed by atoms with Gasteiger partial charge in [0.1, 0.15) is 11.5 Å². The molecule has 2 aromatic rings. The van der Waals surface area contributed by atoms with Crippen molar-refractivity contribution < 1.29 is 9.47 Å². The van der Waals surface area contributed by atoms with E-state index in [0.717, 1.165) is 22.6 Å². The maximum absolute atomic E-state index is 5.32. The minimum atomic E-state index is 0.844. The Bertz CT molecular complexity index is 435. The van der Waals surface area contributed by atoms with Crippen molar-refractivity contribution in [1.82, 2.24) is 0 Å². The Kier molecular flexibility index (Phi) is 2.92. The van der Waals surface area contributed by atoms with E-state index >= 15 is 0 Å². The highest BCUT2D eigenvalue weighted by Gasteiger charge is 2.07. The molecule has 2 nitrogen and oxygen atoms in total. The summed E-state index contributed by atoms with van der Waals surface area (Å²) >= 11 is 1.67. The van der Waals surface area contributed by atoms with Crippen LogP contribution in [0.1, 0.15) is 0 Å². The molecule has 78 valence electrons. The van der Waals surface area contributed by atoms with Crippen LogP contribution in [-0.4, -0.2) is 14.2 Å².